The minimum atomic E-state index is -1.45. The number of carboxylic acids is 1. The van der Waals surface area contributed by atoms with Gasteiger partial charge in [0.1, 0.15) is 0 Å². The van der Waals surface area contributed by atoms with E-state index < -0.39 is 35.8 Å². The van der Waals surface area contributed by atoms with Gasteiger partial charge in [-0.2, -0.15) is 0 Å². The van der Waals surface area contributed by atoms with Crippen molar-refractivity contribution in [3.8, 4) is 0 Å². The predicted molar refractivity (Wildman–Crippen MR) is 57.0 cm³/mol. The zero-order valence-corrected chi connectivity index (χ0v) is 9.97. The monoisotopic (exact) mass is 247 g/mol. The molecule has 0 bridgehead atoms. The average Bonchev–Trinajstić information content (AvgIpc) is 2.32. The van der Waals surface area contributed by atoms with Crippen molar-refractivity contribution in [3.63, 3.8) is 0 Å². The van der Waals surface area contributed by atoms with Crippen LogP contribution in [0.2, 0.25) is 0 Å². The number of rotatable bonds is 6. The smallest absolute Gasteiger partial charge is 0.336 e. The topological polar surface area (TPSA) is 113 Å². The molecule has 0 aliphatic carbocycles. The van der Waals surface area contributed by atoms with E-state index in [-0.39, 0.29) is 6.54 Å². The van der Waals surface area contributed by atoms with E-state index in [4.69, 9.17) is 5.11 Å². The minimum Gasteiger partial charge on any atom is -0.481 e. The van der Waals surface area contributed by atoms with E-state index in [9.17, 15) is 19.5 Å². The molecule has 0 spiro atoms. The molecule has 17 heavy (non-hydrogen) atoms. The average molecular weight is 247 g/mol. The summed E-state index contributed by atoms with van der Waals surface area (Å²) in [4.78, 5) is 32.9. The summed E-state index contributed by atoms with van der Waals surface area (Å²) < 4.78 is 4.26. The minimum absolute atomic E-state index is 0.303. The summed E-state index contributed by atoms with van der Waals surface area (Å²) in [7, 11) is 1.11. The Kier molecular flexibility index (Phi) is 6.19. The first-order valence-electron chi connectivity index (χ1n) is 5.07. The summed E-state index contributed by atoms with van der Waals surface area (Å²) in [5.41, 5.74) is 0. The Morgan fingerprint density at radius 1 is 1.24 bits per heavy atom. The van der Waals surface area contributed by atoms with Crippen LogP contribution >= 0.6 is 0 Å². The Hall–Kier alpha value is -1.63. The second-order valence-corrected chi connectivity index (χ2v) is 3.70. The van der Waals surface area contributed by atoms with E-state index in [2.05, 4.69) is 10.1 Å². The van der Waals surface area contributed by atoms with Gasteiger partial charge < -0.3 is 20.3 Å². The molecule has 0 aromatic heterocycles. The molecule has 0 aliphatic heterocycles. The number of hydrogen-bond donors (Lipinski definition) is 3. The summed E-state index contributed by atoms with van der Waals surface area (Å²) in [5, 5.41) is 20.2. The SMILES string of the molecule is COC(=O)C(O)CNC(=O)C(C)C(C)C(=O)O. The number of hydrogen-bond acceptors (Lipinski definition) is 5. The second-order valence-electron chi connectivity index (χ2n) is 3.70. The fourth-order valence-corrected chi connectivity index (χ4v) is 1.02. The molecule has 0 heterocycles. The van der Waals surface area contributed by atoms with Crippen LogP contribution in [-0.4, -0.2) is 47.8 Å². The summed E-state index contributed by atoms with van der Waals surface area (Å²) in [5.74, 6) is -4.07. The maximum Gasteiger partial charge on any atom is 0.336 e. The van der Waals surface area contributed by atoms with Crippen LogP contribution in [0.4, 0.5) is 0 Å². The van der Waals surface area contributed by atoms with Gasteiger partial charge in [0.25, 0.3) is 0 Å². The van der Waals surface area contributed by atoms with Crippen molar-refractivity contribution in [2.24, 2.45) is 11.8 Å². The van der Waals surface area contributed by atoms with E-state index in [0.29, 0.717) is 0 Å². The van der Waals surface area contributed by atoms with Gasteiger partial charge in [0.2, 0.25) is 5.91 Å². The first-order valence-corrected chi connectivity index (χ1v) is 5.07. The Morgan fingerprint density at radius 2 is 1.76 bits per heavy atom. The molecule has 3 atom stereocenters. The Bertz CT molecular complexity index is 303. The van der Waals surface area contributed by atoms with Crippen molar-refractivity contribution in [1.29, 1.82) is 0 Å². The molecule has 7 heteroatoms. The summed E-state index contributed by atoms with van der Waals surface area (Å²) in [6.45, 7) is 2.56. The van der Waals surface area contributed by atoms with Gasteiger partial charge in [-0.25, -0.2) is 4.79 Å². The van der Waals surface area contributed by atoms with Crippen LogP contribution in [0.1, 0.15) is 13.8 Å². The second kappa shape index (κ2) is 6.85. The van der Waals surface area contributed by atoms with Crippen molar-refractivity contribution >= 4 is 17.8 Å². The van der Waals surface area contributed by atoms with Crippen LogP contribution in [0, 0.1) is 11.8 Å². The first-order chi connectivity index (χ1) is 7.81. The third-order valence-electron chi connectivity index (χ3n) is 2.50. The number of esters is 1. The molecule has 0 aliphatic rings. The molecule has 3 N–H and O–H groups in total. The quantitative estimate of drug-likeness (QED) is 0.518. The van der Waals surface area contributed by atoms with E-state index in [1.165, 1.54) is 13.8 Å². The Balaban J connectivity index is 4.19. The van der Waals surface area contributed by atoms with Crippen molar-refractivity contribution in [2.45, 2.75) is 20.0 Å². The lowest BCUT2D eigenvalue weighted by atomic mass is 9.95. The molecule has 0 saturated heterocycles. The van der Waals surface area contributed by atoms with E-state index in [1.807, 2.05) is 0 Å². The van der Waals surface area contributed by atoms with Crippen LogP contribution in [0.15, 0.2) is 0 Å². The van der Waals surface area contributed by atoms with Gasteiger partial charge in [-0.05, 0) is 0 Å². The molecule has 0 aromatic carbocycles. The van der Waals surface area contributed by atoms with E-state index in [0.717, 1.165) is 7.11 Å². The van der Waals surface area contributed by atoms with Gasteiger partial charge in [0.15, 0.2) is 6.10 Å². The van der Waals surface area contributed by atoms with Crippen LogP contribution in [0.3, 0.4) is 0 Å². The normalized spacial score (nSPS) is 15.5. The van der Waals surface area contributed by atoms with E-state index >= 15 is 0 Å². The Morgan fingerprint density at radius 3 is 2.18 bits per heavy atom. The number of carbonyl (C=O) groups is 3. The highest BCUT2D eigenvalue weighted by atomic mass is 16.5. The molecule has 98 valence electrons. The molecular formula is C10H17NO6. The number of nitrogens with one attached hydrogen (secondary N) is 1. The number of carboxylic acid groups (broad SMARTS) is 1. The number of aliphatic hydroxyl groups is 1. The molecule has 3 unspecified atom stereocenters. The summed E-state index contributed by atoms with van der Waals surface area (Å²) in [6, 6.07) is 0. The number of carbonyl (C=O) groups excluding carboxylic acids is 2. The zero-order valence-electron chi connectivity index (χ0n) is 9.97. The maximum atomic E-state index is 11.5. The number of amides is 1. The van der Waals surface area contributed by atoms with Crippen LogP contribution in [0.25, 0.3) is 0 Å². The zero-order chi connectivity index (χ0) is 13.6. The van der Waals surface area contributed by atoms with Gasteiger partial charge in [0, 0.05) is 5.92 Å². The molecule has 0 radical (unpaired) electrons. The largest absolute Gasteiger partial charge is 0.481 e. The predicted octanol–water partition coefficient (Wildman–Crippen LogP) is -1.01. The lowest BCUT2D eigenvalue weighted by Crippen LogP contribution is -2.41. The summed E-state index contributed by atoms with van der Waals surface area (Å²) in [6.07, 6.45) is -1.45. The van der Waals surface area contributed by atoms with Crippen molar-refractivity contribution < 1.29 is 29.3 Å². The highest BCUT2D eigenvalue weighted by molar-refractivity contribution is 5.84. The molecule has 1 amide bonds. The standard InChI is InChI=1S/C10H17NO6/c1-5(6(2)9(14)15)8(13)11-4-7(12)10(16)17-3/h5-7,12H,4H2,1-3H3,(H,11,13)(H,14,15). The molecule has 0 rings (SSSR count). The van der Waals surface area contributed by atoms with E-state index in [1.54, 1.807) is 0 Å². The van der Waals surface area contributed by atoms with Gasteiger partial charge in [0.05, 0.1) is 19.6 Å². The highest BCUT2D eigenvalue weighted by Crippen LogP contribution is 2.10. The molecule has 7 nitrogen and oxygen atoms in total. The number of aliphatic hydroxyl groups excluding tert-OH is 1. The maximum absolute atomic E-state index is 11.5. The number of ether oxygens (including phenoxy) is 1. The number of methoxy groups -OCH3 is 1. The van der Waals surface area contributed by atoms with Crippen molar-refractivity contribution in [2.75, 3.05) is 13.7 Å². The fourth-order valence-electron chi connectivity index (χ4n) is 1.02. The lowest BCUT2D eigenvalue weighted by molar-refractivity contribution is -0.151. The third kappa shape index (κ3) is 4.81. The first kappa shape index (κ1) is 15.4. The third-order valence-corrected chi connectivity index (χ3v) is 2.50. The highest BCUT2D eigenvalue weighted by Gasteiger charge is 2.26. The van der Waals surface area contributed by atoms with Gasteiger partial charge in [-0.1, -0.05) is 13.8 Å². The van der Waals surface area contributed by atoms with Gasteiger partial charge in [-0.15, -0.1) is 0 Å². The van der Waals surface area contributed by atoms with Gasteiger partial charge in [-0.3, -0.25) is 9.59 Å². The van der Waals surface area contributed by atoms with Crippen LogP contribution in [-0.2, 0) is 19.1 Å². The lowest BCUT2D eigenvalue weighted by Gasteiger charge is -2.16. The molecular weight excluding hydrogens is 230 g/mol. The molecule has 0 saturated carbocycles. The molecule has 0 fully saturated rings. The fraction of sp³-hybridized carbons (Fsp3) is 0.700. The van der Waals surface area contributed by atoms with Crippen molar-refractivity contribution in [3.05, 3.63) is 0 Å². The Labute approximate surface area is 98.8 Å². The number of aliphatic carboxylic acids is 1. The van der Waals surface area contributed by atoms with Crippen LogP contribution in [0.5, 0.6) is 0 Å². The van der Waals surface area contributed by atoms with Gasteiger partial charge >= 0.3 is 11.9 Å². The summed E-state index contributed by atoms with van der Waals surface area (Å²) >= 11 is 0. The van der Waals surface area contributed by atoms with Crippen molar-refractivity contribution in [1.82, 2.24) is 5.32 Å². The van der Waals surface area contributed by atoms with Crippen LogP contribution < -0.4 is 5.32 Å². The molecule has 0 aromatic rings.